The van der Waals surface area contributed by atoms with E-state index in [4.69, 9.17) is 4.74 Å². The number of benzene rings is 2. The average molecular weight is 256 g/mol. The molecule has 0 saturated heterocycles. The maximum Gasteiger partial charge on any atom is 0.123 e. The van der Waals surface area contributed by atoms with Crippen LogP contribution in [-0.2, 0) is 0 Å². The summed E-state index contributed by atoms with van der Waals surface area (Å²) in [5.41, 5.74) is 3.11. The Morgan fingerprint density at radius 1 is 0.947 bits per heavy atom. The lowest BCUT2D eigenvalue weighted by molar-refractivity contribution is 0.198. The van der Waals surface area contributed by atoms with Gasteiger partial charge in [0.05, 0.1) is 6.10 Å². The van der Waals surface area contributed by atoms with Gasteiger partial charge < -0.3 is 9.84 Å². The summed E-state index contributed by atoms with van der Waals surface area (Å²) in [6.07, 6.45) is -0.434. The zero-order valence-corrected chi connectivity index (χ0v) is 11.6. The van der Waals surface area contributed by atoms with Crippen molar-refractivity contribution >= 4 is 0 Å². The fourth-order valence-corrected chi connectivity index (χ4v) is 2.05. The lowest BCUT2D eigenvalue weighted by Crippen LogP contribution is -2.04. The quantitative estimate of drug-likeness (QED) is 0.888. The smallest absolute Gasteiger partial charge is 0.123 e. The van der Waals surface area contributed by atoms with E-state index in [9.17, 15) is 5.11 Å². The zero-order valence-electron chi connectivity index (χ0n) is 11.6. The van der Waals surface area contributed by atoms with Crippen LogP contribution in [-0.4, -0.2) is 5.11 Å². The van der Waals surface area contributed by atoms with Crippen LogP contribution in [0.4, 0.5) is 0 Å². The molecule has 0 bridgehead atoms. The topological polar surface area (TPSA) is 29.5 Å². The summed E-state index contributed by atoms with van der Waals surface area (Å²) in [6.45, 7) is 5.80. The van der Waals surface area contributed by atoms with E-state index in [-0.39, 0.29) is 6.10 Å². The van der Waals surface area contributed by atoms with E-state index in [1.54, 1.807) is 6.92 Å². The summed E-state index contributed by atoms with van der Waals surface area (Å²) in [7, 11) is 0. The lowest BCUT2D eigenvalue weighted by Gasteiger charge is -2.17. The van der Waals surface area contributed by atoms with Gasteiger partial charge in [-0.3, -0.25) is 0 Å². The van der Waals surface area contributed by atoms with Gasteiger partial charge in [-0.2, -0.15) is 0 Å². The van der Waals surface area contributed by atoms with E-state index in [0.29, 0.717) is 0 Å². The van der Waals surface area contributed by atoms with Crippen molar-refractivity contribution in [3.05, 3.63) is 65.2 Å². The number of aliphatic hydroxyl groups is 1. The van der Waals surface area contributed by atoms with Crippen molar-refractivity contribution < 1.29 is 9.84 Å². The zero-order chi connectivity index (χ0) is 13.8. The second kappa shape index (κ2) is 5.89. The van der Waals surface area contributed by atoms with Crippen molar-refractivity contribution in [2.45, 2.75) is 33.0 Å². The first-order valence-corrected chi connectivity index (χ1v) is 6.58. The molecule has 2 nitrogen and oxygen atoms in total. The monoisotopic (exact) mass is 256 g/mol. The van der Waals surface area contributed by atoms with Gasteiger partial charge in [0.15, 0.2) is 0 Å². The van der Waals surface area contributed by atoms with Crippen molar-refractivity contribution in [1.82, 2.24) is 0 Å². The fraction of sp³-hybridized carbons (Fsp3) is 0.294. The van der Waals surface area contributed by atoms with Crippen LogP contribution < -0.4 is 4.74 Å². The molecule has 0 radical (unpaired) electrons. The summed E-state index contributed by atoms with van der Waals surface area (Å²) < 4.78 is 5.98. The Kier molecular flexibility index (Phi) is 4.23. The van der Waals surface area contributed by atoms with Crippen LogP contribution in [0.25, 0.3) is 0 Å². The van der Waals surface area contributed by atoms with Gasteiger partial charge >= 0.3 is 0 Å². The largest absolute Gasteiger partial charge is 0.486 e. The Morgan fingerprint density at radius 3 is 2.21 bits per heavy atom. The SMILES string of the molecule is Cc1cc([C@H](C)O)ccc1OC(C)c1ccccc1. The maximum absolute atomic E-state index is 9.56. The number of rotatable bonds is 4. The van der Waals surface area contributed by atoms with Crippen molar-refractivity contribution in [3.63, 3.8) is 0 Å². The molecule has 0 spiro atoms. The summed E-state index contributed by atoms with van der Waals surface area (Å²) in [6, 6.07) is 15.9. The molecule has 2 atom stereocenters. The number of hydrogen-bond acceptors (Lipinski definition) is 2. The first kappa shape index (κ1) is 13.6. The number of hydrogen-bond donors (Lipinski definition) is 1. The highest BCUT2D eigenvalue weighted by Crippen LogP contribution is 2.27. The van der Waals surface area contributed by atoms with E-state index in [1.165, 1.54) is 0 Å². The highest BCUT2D eigenvalue weighted by molar-refractivity contribution is 5.37. The van der Waals surface area contributed by atoms with E-state index in [0.717, 1.165) is 22.4 Å². The molecule has 2 heteroatoms. The summed E-state index contributed by atoms with van der Waals surface area (Å²) in [5.74, 6) is 0.862. The second-order valence-corrected chi connectivity index (χ2v) is 4.87. The van der Waals surface area contributed by atoms with Crippen LogP contribution in [0, 0.1) is 6.92 Å². The number of aryl methyl sites for hydroxylation is 1. The van der Waals surface area contributed by atoms with Gasteiger partial charge in [0.2, 0.25) is 0 Å². The minimum absolute atomic E-state index is 0.0114. The molecule has 2 rings (SSSR count). The van der Waals surface area contributed by atoms with Crippen molar-refractivity contribution in [3.8, 4) is 5.75 Å². The van der Waals surface area contributed by atoms with Crippen LogP contribution in [0.5, 0.6) is 5.75 Å². The lowest BCUT2D eigenvalue weighted by atomic mass is 10.1. The van der Waals surface area contributed by atoms with E-state index in [2.05, 4.69) is 12.1 Å². The standard InChI is InChI=1S/C17H20O2/c1-12-11-16(13(2)18)9-10-17(12)19-14(3)15-7-5-4-6-8-15/h4-11,13-14,18H,1-3H3/t13-,14?/m0/s1. The van der Waals surface area contributed by atoms with Crippen LogP contribution in [0.15, 0.2) is 48.5 Å². The molecule has 0 aliphatic heterocycles. The van der Waals surface area contributed by atoms with Crippen LogP contribution in [0.3, 0.4) is 0 Å². The normalized spacial score (nSPS) is 13.9. The molecule has 0 aliphatic carbocycles. The van der Waals surface area contributed by atoms with Crippen LogP contribution in [0.2, 0.25) is 0 Å². The molecule has 2 aromatic rings. The molecule has 100 valence electrons. The van der Waals surface area contributed by atoms with Gasteiger partial charge in [-0.15, -0.1) is 0 Å². The minimum atomic E-state index is -0.445. The molecule has 0 aliphatic rings. The molecule has 0 saturated carbocycles. The third-order valence-corrected chi connectivity index (χ3v) is 3.25. The molecule has 2 aromatic carbocycles. The number of aliphatic hydroxyl groups excluding tert-OH is 1. The fourth-order valence-electron chi connectivity index (χ4n) is 2.05. The van der Waals surface area contributed by atoms with Gasteiger partial charge in [-0.1, -0.05) is 36.4 Å². The first-order valence-electron chi connectivity index (χ1n) is 6.58. The van der Waals surface area contributed by atoms with E-state index >= 15 is 0 Å². The molecule has 19 heavy (non-hydrogen) atoms. The molecule has 0 aromatic heterocycles. The van der Waals surface area contributed by atoms with Crippen LogP contribution >= 0.6 is 0 Å². The minimum Gasteiger partial charge on any atom is -0.486 e. The third-order valence-electron chi connectivity index (χ3n) is 3.25. The van der Waals surface area contributed by atoms with Gasteiger partial charge in [-0.25, -0.2) is 0 Å². The Labute approximate surface area is 114 Å². The third kappa shape index (κ3) is 3.36. The van der Waals surface area contributed by atoms with Gasteiger partial charge in [0, 0.05) is 0 Å². The van der Waals surface area contributed by atoms with Crippen LogP contribution in [0.1, 0.15) is 42.7 Å². The van der Waals surface area contributed by atoms with E-state index in [1.807, 2.05) is 50.2 Å². The van der Waals surface area contributed by atoms with Gasteiger partial charge in [0.1, 0.15) is 11.9 Å². The Morgan fingerprint density at radius 2 is 1.63 bits per heavy atom. The Hall–Kier alpha value is -1.80. The van der Waals surface area contributed by atoms with Crippen molar-refractivity contribution in [1.29, 1.82) is 0 Å². The molecular formula is C17H20O2. The predicted molar refractivity (Wildman–Crippen MR) is 77.3 cm³/mol. The van der Waals surface area contributed by atoms with Gasteiger partial charge in [-0.05, 0) is 49.6 Å². The average Bonchev–Trinajstić information content (AvgIpc) is 2.41. The number of ether oxygens (including phenoxy) is 1. The molecule has 0 fully saturated rings. The Balaban J connectivity index is 2.15. The summed E-state index contributed by atoms with van der Waals surface area (Å²) in [5, 5.41) is 9.56. The van der Waals surface area contributed by atoms with Crippen molar-refractivity contribution in [2.24, 2.45) is 0 Å². The maximum atomic E-state index is 9.56. The van der Waals surface area contributed by atoms with E-state index < -0.39 is 6.10 Å². The molecule has 0 heterocycles. The summed E-state index contributed by atoms with van der Waals surface area (Å²) in [4.78, 5) is 0. The molecule has 1 unspecified atom stereocenters. The Bertz CT molecular complexity index is 532. The van der Waals surface area contributed by atoms with Crippen molar-refractivity contribution in [2.75, 3.05) is 0 Å². The predicted octanol–water partition coefficient (Wildman–Crippen LogP) is 4.19. The first-order chi connectivity index (χ1) is 9.08. The molecule has 0 amide bonds. The highest BCUT2D eigenvalue weighted by Gasteiger charge is 2.10. The van der Waals surface area contributed by atoms with Gasteiger partial charge in [0.25, 0.3) is 0 Å². The summed E-state index contributed by atoms with van der Waals surface area (Å²) >= 11 is 0. The highest BCUT2D eigenvalue weighted by atomic mass is 16.5. The molecule has 1 N–H and O–H groups in total. The molecular weight excluding hydrogens is 236 g/mol. The second-order valence-electron chi connectivity index (χ2n) is 4.87.